The maximum Gasteiger partial charge on any atom is 0.220 e. The molecule has 1 aromatic carbocycles. The van der Waals surface area contributed by atoms with E-state index < -0.39 is 0 Å². The van der Waals surface area contributed by atoms with Gasteiger partial charge in [0, 0.05) is 18.2 Å². The van der Waals surface area contributed by atoms with Crippen molar-refractivity contribution in [2.75, 3.05) is 7.11 Å². The van der Waals surface area contributed by atoms with E-state index in [2.05, 4.69) is 10.4 Å². The summed E-state index contributed by atoms with van der Waals surface area (Å²) >= 11 is 0. The summed E-state index contributed by atoms with van der Waals surface area (Å²) in [4.78, 5) is 12.0. The zero-order valence-electron chi connectivity index (χ0n) is 13.7. The van der Waals surface area contributed by atoms with E-state index in [4.69, 9.17) is 4.74 Å². The highest BCUT2D eigenvalue weighted by molar-refractivity contribution is 5.76. The van der Waals surface area contributed by atoms with Crippen molar-refractivity contribution in [3.8, 4) is 11.4 Å². The van der Waals surface area contributed by atoms with Crippen LogP contribution in [0, 0.1) is 5.92 Å². The van der Waals surface area contributed by atoms with Crippen LogP contribution in [-0.2, 0) is 4.79 Å². The summed E-state index contributed by atoms with van der Waals surface area (Å²) in [6.45, 7) is 1.99. The number of amides is 1. The van der Waals surface area contributed by atoms with Crippen molar-refractivity contribution in [3.05, 3.63) is 42.2 Å². The number of benzene rings is 1. The van der Waals surface area contributed by atoms with Gasteiger partial charge in [0.2, 0.25) is 5.91 Å². The second kappa shape index (κ2) is 6.86. The Balaban J connectivity index is 1.67. The van der Waals surface area contributed by atoms with Crippen molar-refractivity contribution in [2.24, 2.45) is 5.92 Å². The van der Waals surface area contributed by atoms with Crippen LogP contribution in [0.15, 0.2) is 36.7 Å². The van der Waals surface area contributed by atoms with Gasteiger partial charge in [0.15, 0.2) is 0 Å². The number of aromatic nitrogens is 2. The molecule has 3 rings (SSSR count). The van der Waals surface area contributed by atoms with Gasteiger partial charge in [-0.2, -0.15) is 5.10 Å². The van der Waals surface area contributed by atoms with Gasteiger partial charge in [-0.25, -0.2) is 4.68 Å². The highest BCUT2D eigenvalue weighted by Gasteiger charge is 2.22. The Morgan fingerprint density at radius 2 is 2.22 bits per heavy atom. The highest BCUT2D eigenvalue weighted by Crippen LogP contribution is 2.29. The van der Waals surface area contributed by atoms with E-state index in [0.717, 1.165) is 17.0 Å². The van der Waals surface area contributed by atoms with Gasteiger partial charge in [0.05, 0.1) is 19.3 Å². The molecule has 0 saturated heterocycles. The van der Waals surface area contributed by atoms with E-state index in [9.17, 15) is 4.79 Å². The summed E-state index contributed by atoms with van der Waals surface area (Å²) in [5, 5.41) is 7.46. The van der Waals surface area contributed by atoms with Crippen LogP contribution in [-0.4, -0.2) is 22.8 Å². The van der Waals surface area contributed by atoms with Crippen molar-refractivity contribution in [1.29, 1.82) is 0 Å². The van der Waals surface area contributed by atoms with Crippen molar-refractivity contribution in [1.82, 2.24) is 15.1 Å². The quantitative estimate of drug-likeness (QED) is 0.890. The highest BCUT2D eigenvalue weighted by atomic mass is 16.5. The van der Waals surface area contributed by atoms with Gasteiger partial charge in [0.25, 0.3) is 0 Å². The molecule has 0 spiro atoms. The minimum atomic E-state index is -0.0500. The zero-order chi connectivity index (χ0) is 16.2. The van der Waals surface area contributed by atoms with E-state index in [-0.39, 0.29) is 11.9 Å². The lowest BCUT2D eigenvalue weighted by Crippen LogP contribution is -2.29. The molecular weight excluding hydrogens is 290 g/mol. The first-order valence-corrected chi connectivity index (χ1v) is 8.14. The van der Waals surface area contributed by atoms with E-state index in [1.165, 1.54) is 19.3 Å². The number of methoxy groups -OCH3 is 1. The van der Waals surface area contributed by atoms with Gasteiger partial charge in [0.1, 0.15) is 11.4 Å². The summed E-state index contributed by atoms with van der Waals surface area (Å²) in [7, 11) is 1.65. The van der Waals surface area contributed by atoms with Crippen molar-refractivity contribution in [2.45, 2.75) is 38.6 Å². The minimum absolute atomic E-state index is 0.0500. The molecule has 0 aliphatic heterocycles. The van der Waals surface area contributed by atoms with Gasteiger partial charge in [-0.3, -0.25) is 4.79 Å². The standard InChI is InChI=1S/C18H23N3O2/c1-13(20-18(22)10-14-6-5-7-14)15-11-19-21(12-15)16-8-3-4-9-17(16)23-2/h3-4,8-9,11-14H,5-7,10H2,1-2H3,(H,20,22)/t13-/m0/s1. The number of rotatable bonds is 6. The first kappa shape index (κ1) is 15.6. The fraction of sp³-hybridized carbons (Fsp3) is 0.444. The number of nitrogens with zero attached hydrogens (tertiary/aromatic N) is 2. The number of hydrogen-bond donors (Lipinski definition) is 1. The van der Waals surface area contributed by atoms with Crippen LogP contribution in [0.25, 0.3) is 5.69 Å². The SMILES string of the molecule is COc1ccccc1-n1cc([C@H](C)NC(=O)CC2CCC2)cn1. The molecule has 1 fully saturated rings. The Labute approximate surface area is 136 Å². The van der Waals surface area contributed by atoms with Crippen LogP contribution in [0.1, 0.15) is 44.2 Å². The molecule has 23 heavy (non-hydrogen) atoms. The third kappa shape index (κ3) is 3.55. The summed E-state index contributed by atoms with van der Waals surface area (Å²) in [6, 6.07) is 7.68. The van der Waals surface area contributed by atoms with Crippen LogP contribution in [0.5, 0.6) is 5.75 Å². The number of carbonyl (C=O) groups is 1. The molecule has 1 aromatic heterocycles. The molecule has 5 nitrogen and oxygen atoms in total. The third-order valence-electron chi connectivity index (χ3n) is 4.51. The smallest absolute Gasteiger partial charge is 0.220 e. The normalized spacial score (nSPS) is 15.7. The molecule has 1 aliphatic carbocycles. The van der Waals surface area contributed by atoms with Gasteiger partial charge >= 0.3 is 0 Å². The van der Waals surface area contributed by atoms with Gasteiger partial charge in [-0.1, -0.05) is 18.6 Å². The predicted molar refractivity (Wildman–Crippen MR) is 88.6 cm³/mol. The van der Waals surface area contributed by atoms with Crippen molar-refractivity contribution in [3.63, 3.8) is 0 Å². The van der Waals surface area contributed by atoms with E-state index in [1.807, 2.05) is 37.4 Å². The van der Waals surface area contributed by atoms with E-state index in [0.29, 0.717) is 12.3 Å². The molecule has 122 valence electrons. The Morgan fingerprint density at radius 1 is 1.43 bits per heavy atom. The van der Waals surface area contributed by atoms with Crippen LogP contribution in [0.2, 0.25) is 0 Å². The molecular formula is C18H23N3O2. The van der Waals surface area contributed by atoms with Gasteiger partial charge < -0.3 is 10.1 Å². The second-order valence-corrected chi connectivity index (χ2v) is 6.18. The lowest BCUT2D eigenvalue weighted by molar-refractivity contribution is -0.123. The number of nitrogens with one attached hydrogen (secondary N) is 1. The number of ether oxygens (including phenoxy) is 1. The first-order chi connectivity index (χ1) is 11.2. The third-order valence-corrected chi connectivity index (χ3v) is 4.51. The van der Waals surface area contributed by atoms with Crippen molar-refractivity contribution >= 4 is 5.91 Å². The molecule has 1 aliphatic rings. The Kier molecular flexibility index (Phi) is 4.65. The first-order valence-electron chi connectivity index (χ1n) is 8.14. The lowest BCUT2D eigenvalue weighted by Gasteiger charge is -2.25. The monoisotopic (exact) mass is 313 g/mol. The lowest BCUT2D eigenvalue weighted by atomic mass is 9.83. The predicted octanol–water partition coefficient (Wildman–Crippen LogP) is 3.25. The van der Waals surface area contributed by atoms with E-state index in [1.54, 1.807) is 18.0 Å². The molecule has 0 bridgehead atoms. The summed E-state index contributed by atoms with van der Waals surface area (Å²) in [5.41, 5.74) is 1.87. The average Bonchev–Trinajstić information content (AvgIpc) is 3.01. The summed E-state index contributed by atoms with van der Waals surface area (Å²) in [6.07, 6.45) is 8.01. The molecule has 1 atom stereocenters. The molecule has 2 aromatic rings. The average molecular weight is 313 g/mol. The topological polar surface area (TPSA) is 56.1 Å². The van der Waals surface area contributed by atoms with Gasteiger partial charge in [-0.15, -0.1) is 0 Å². The second-order valence-electron chi connectivity index (χ2n) is 6.18. The van der Waals surface area contributed by atoms with Gasteiger partial charge in [-0.05, 0) is 37.8 Å². The molecule has 1 heterocycles. The van der Waals surface area contributed by atoms with Crippen LogP contribution in [0.4, 0.5) is 0 Å². The number of carbonyl (C=O) groups excluding carboxylic acids is 1. The van der Waals surface area contributed by atoms with Crippen LogP contribution < -0.4 is 10.1 Å². The molecule has 1 saturated carbocycles. The molecule has 0 unspecified atom stereocenters. The van der Waals surface area contributed by atoms with Crippen LogP contribution >= 0.6 is 0 Å². The zero-order valence-corrected chi connectivity index (χ0v) is 13.7. The Bertz CT molecular complexity index is 676. The summed E-state index contributed by atoms with van der Waals surface area (Å²) < 4.78 is 7.15. The number of hydrogen-bond acceptors (Lipinski definition) is 3. The summed E-state index contributed by atoms with van der Waals surface area (Å²) in [5.74, 6) is 1.48. The Morgan fingerprint density at radius 3 is 2.91 bits per heavy atom. The van der Waals surface area contributed by atoms with Crippen molar-refractivity contribution < 1.29 is 9.53 Å². The molecule has 1 amide bonds. The minimum Gasteiger partial charge on any atom is -0.494 e. The largest absolute Gasteiger partial charge is 0.494 e. The fourth-order valence-electron chi connectivity index (χ4n) is 2.85. The van der Waals surface area contributed by atoms with Crippen LogP contribution in [0.3, 0.4) is 0 Å². The molecule has 5 heteroatoms. The maximum atomic E-state index is 12.0. The van der Waals surface area contributed by atoms with E-state index >= 15 is 0 Å². The molecule has 1 N–H and O–H groups in total. The molecule has 0 radical (unpaired) electrons. The number of para-hydroxylation sites is 2. The fourth-order valence-corrected chi connectivity index (χ4v) is 2.85. The Hall–Kier alpha value is -2.30. The maximum absolute atomic E-state index is 12.0.